The minimum atomic E-state index is -0.0804. The lowest BCUT2D eigenvalue weighted by atomic mass is 9.82. The number of para-hydroxylation sites is 1. The summed E-state index contributed by atoms with van der Waals surface area (Å²) in [4.78, 5) is 6.07. The Hall–Kier alpha value is -5.64. The number of rotatable bonds is 4. The van der Waals surface area contributed by atoms with Gasteiger partial charge in [-0.2, -0.15) is 0 Å². The molecule has 0 spiro atoms. The topological polar surface area (TPSA) is 19.0 Å². The molecule has 3 heteroatoms. The van der Waals surface area contributed by atoms with Crippen molar-refractivity contribution < 1.29 is 0 Å². The van der Waals surface area contributed by atoms with Crippen LogP contribution in [0, 0.1) is 0 Å². The van der Waals surface area contributed by atoms with E-state index in [2.05, 4.69) is 175 Å². The first-order chi connectivity index (χ1) is 23.5. The SMILES string of the molecule is CC1(C)c2ccccc2-c2ccc(N(c3ccc(-c4ccccc4)cc3)c3ccc4sc5c(ccc6[nH]c7ccccc7c65)c4c3)cc21. The van der Waals surface area contributed by atoms with Crippen molar-refractivity contribution in [2.45, 2.75) is 19.3 Å². The Morgan fingerprint density at radius 2 is 1.19 bits per heavy atom. The molecular formula is C45H32N2S. The summed E-state index contributed by atoms with van der Waals surface area (Å²) in [5.74, 6) is 0. The Labute approximate surface area is 283 Å². The van der Waals surface area contributed by atoms with Gasteiger partial charge in [0.1, 0.15) is 0 Å². The molecule has 2 aromatic heterocycles. The highest BCUT2D eigenvalue weighted by Crippen LogP contribution is 2.51. The van der Waals surface area contributed by atoms with Crippen LogP contribution in [0.5, 0.6) is 0 Å². The molecule has 1 N–H and O–H groups in total. The number of aromatic amines is 1. The van der Waals surface area contributed by atoms with Gasteiger partial charge in [0.25, 0.3) is 0 Å². The van der Waals surface area contributed by atoms with Gasteiger partial charge >= 0.3 is 0 Å². The van der Waals surface area contributed by atoms with Gasteiger partial charge in [0.2, 0.25) is 0 Å². The van der Waals surface area contributed by atoms with E-state index in [0.717, 1.165) is 11.4 Å². The highest BCUT2D eigenvalue weighted by atomic mass is 32.1. The molecule has 0 fully saturated rings. The van der Waals surface area contributed by atoms with Crippen LogP contribution in [-0.2, 0) is 5.41 Å². The number of anilines is 3. The van der Waals surface area contributed by atoms with Gasteiger partial charge in [-0.15, -0.1) is 11.3 Å². The molecule has 0 amide bonds. The zero-order valence-electron chi connectivity index (χ0n) is 26.8. The zero-order chi connectivity index (χ0) is 32.0. The number of H-pyrrole nitrogens is 1. The maximum absolute atomic E-state index is 3.64. The summed E-state index contributed by atoms with van der Waals surface area (Å²) in [7, 11) is 0. The Morgan fingerprint density at radius 1 is 0.500 bits per heavy atom. The highest BCUT2D eigenvalue weighted by molar-refractivity contribution is 7.26. The molecule has 0 unspecified atom stereocenters. The van der Waals surface area contributed by atoms with Crippen LogP contribution in [0.15, 0.2) is 152 Å². The van der Waals surface area contributed by atoms with Crippen LogP contribution in [0.3, 0.4) is 0 Å². The van der Waals surface area contributed by atoms with Gasteiger partial charge < -0.3 is 9.88 Å². The molecule has 48 heavy (non-hydrogen) atoms. The molecule has 228 valence electrons. The molecule has 0 saturated carbocycles. The van der Waals surface area contributed by atoms with Crippen LogP contribution >= 0.6 is 11.3 Å². The van der Waals surface area contributed by atoms with E-state index in [1.807, 2.05) is 11.3 Å². The van der Waals surface area contributed by atoms with Crippen molar-refractivity contribution in [3.8, 4) is 22.3 Å². The van der Waals surface area contributed by atoms with Gasteiger partial charge in [-0.3, -0.25) is 0 Å². The van der Waals surface area contributed by atoms with Crippen LogP contribution in [0.25, 0.3) is 64.2 Å². The van der Waals surface area contributed by atoms with Gasteiger partial charge in [0.15, 0.2) is 0 Å². The third-order valence-corrected chi connectivity index (χ3v) is 11.6. The van der Waals surface area contributed by atoms with Crippen molar-refractivity contribution in [3.05, 3.63) is 163 Å². The van der Waals surface area contributed by atoms with Gasteiger partial charge in [-0.1, -0.05) is 111 Å². The quantitative estimate of drug-likeness (QED) is 0.205. The Morgan fingerprint density at radius 3 is 2.06 bits per heavy atom. The van der Waals surface area contributed by atoms with E-state index < -0.39 is 0 Å². The van der Waals surface area contributed by atoms with E-state index in [0.29, 0.717) is 0 Å². The second-order valence-electron chi connectivity index (χ2n) is 13.5. The van der Waals surface area contributed by atoms with Crippen LogP contribution in [0.4, 0.5) is 17.1 Å². The van der Waals surface area contributed by atoms with Crippen molar-refractivity contribution in [2.75, 3.05) is 4.90 Å². The van der Waals surface area contributed by atoms with Crippen LogP contribution in [-0.4, -0.2) is 4.98 Å². The molecule has 0 aliphatic heterocycles. The van der Waals surface area contributed by atoms with E-state index in [9.17, 15) is 0 Å². The molecule has 2 nitrogen and oxygen atoms in total. The molecular weight excluding hydrogens is 601 g/mol. The predicted octanol–water partition coefficient (Wildman–Crippen LogP) is 13.1. The average molecular weight is 633 g/mol. The lowest BCUT2D eigenvalue weighted by Gasteiger charge is -2.28. The molecule has 0 bridgehead atoms. The third-order valence-electron chi connectivity index (χ3n) is 10.4. The Kier molecular flexibility index (Phi) is 5.82. The smallest absolute Gasteiger partial charge is 0.0479 e. The summed E-state index contributed by atoms with van der Waals surface area (Å²) >= 11 is 1.89. The molecule has 1 aliphatic rings. The molecule has 10 rings (SSSR count). The number of hydrogen-bond donors (Lipinski definition) is 1. The highest BCUT2D eigenvalue weighted by Gasteiger charge is 2.35. The lowest BCUT2D eigenvalue weighted by Crippen LogP contribution is -2.16. The predicted molar refractivity (Wildman–Crippen MR) is 206 cm³/mol. The van der Waals surface area contributed by atoms with Crippen molar-refractivity contribution in [1.29, 1.82) is 0 Å². The summed E-state index contributed by atoms with van der Waals surface area (Å²) in [5, 5.41) is 5.20. The maximum atomic E-state index is 3.64. The minimum absolute atomic E-state index is 0.0804. The number of nitrogens with one attached hydrogen (secondary N) is 1. The summed E-state index contributed by atoms with van der Waals surface area (Å²) in [6.45, 7) is 4.71. The summed E-state index contributed by atoms with van der Waals surface area (Å²) in [6.07, 6.45) is 0. The van der Waals surface area contributed by atoms with Crippen LogP contribution < -0.4 is 4.90 Å². The zero-order valence-corrected chi connectivity index (χ0v) is 27.6. The van der Waals surface area contributed by atoms with E-state index in [1.165, 1.54) is 81.0 Å². The van der Waals surface area contributed by atoms with Crippen LogP contribution in [0.1, 0.15) is 25.0 Å². The lowest BCUT2D eigenvalue weighted by molar-refractivity contribution is 0.660. The third kappa shape index (κ3) is 3.98. The van der Waals surface area contributed by atoms with Gasteiger partial charge in [0, 0.05) is 64.5 Å². The van der Waals surface area contributed by atoms with E-state index in [1.54, 1.807) is 0 Å². The van der Waals surface area contributed by atoms with Gasteiger partial charge in [-0.25, -0.2) is 0 Å². The van der Waals surface area contributed by atoms with E-state index in [-0.39, 0.29) is 5.41 Å². The molecule has 1 aliphatic carbocycles. The number of benzene rings is 7. The second kappa shape index (κ2) is 10.2. The molecule has 2 heterocycles. The first kappa shape index (κ1) is 27.5. The summed E-state index contributed by atoms with van der Waals surface area (Å²) in [6, 6.07) is 55.8. The van der Waals surface area contributed by atoms with Crippen molar-refractivity contribution in [1.82, 2.24) is 4.98 Å². The first-order valence-electron chi connectivity index (χ1n) is 16.6. The Bertz CT molecular complexity index is 2690. The van der Waals surface area contributed by atoms with Crippen LogP contribution in [0.2, 0.25) is 0 Å². The normalized spacial score (nSPS) is 13.4. The van der Waals surface area contributed by atoms with Crippen molar-refractivity contribution in [2.24, 2.45) is 0 Å². The Balaban J connectivity index is 1.17. The molecule has 9 aromatic rings. The molecule has 0 radical (unpaired) electrons. The maximum Gasteiger partial charge on any atom is 0.0479 e. The van der Waals surface area contributed by atoms with E-state index in [4.69, 9.17) is 0 Å². The largest absolute Gasteiger partial charge is 0.354 e. The monoisotopic (exact) mass is 632 g/mol. The second-order valence-corrected chi connectivity index (χ2v) is 14.5. The van der Waals surface area contributed by atoms with Crippen molar-refractivity contribution in [3.63, 3.8) is 0 Å². The fraction of sp³-hybridized carbons (Fsp3) is 0.0667. The minimum Gasteiger partial charge on any atom is -0.354 e. The summed E-state index contributed by atoms with van der Waals surface area (Å²) in [5.41, 5.74) is 13.6. The first-order valence-corrected chi connectivity index (χ1v) is 17.4. The fourth-order valence-corrected chi connectivity index (χ4v) is 9.25. The van der Waals surface area contributed by atoms with E-state index >= 15 is 0 Å². The van der Waals surface area contributed by atoms with Gasteiger partial charge in [0.05, 0.1) is 0 Å². The number of thiophene rings is 1. The average Bonchev–Trinajstić information content (AvgIpc) is 3.77. The van der Waals surface area contributed by atoms with Gasteiger partial charge in [-0.05, 0) is 88.0 Å². The number of aromatic nitrogens is 1. The number of fused-ring (bicyclic) bond motifs is 10. The fourth-order valence-electron chi connectivity index (χ4n) is 8.01. The molecule has 0 atom stereocenters. The number of hydrogen-bond acceptors (Lipinski definition) is 2. The standard InChI is InChI=1S/C45H32N2S/c1-45(2)38-14-8-6-12-33(38)34-22-20-32(27-39(34)45)47(30-18-16-29(17-19-30)28-10-4-3-5-11-28)31-21-25-42-37(26-31)35-23-24-41-43(44(35)48-42)36-13-7-9-15-40(36)46-41/h3-27,46H,1-2H3. The van der Waals surface area contributed by atoms with Crippen molar-refractivity contribution >= 4 is 70.4 Å². The molecule has 0 saturated heterocycles. The molecule has 7 aromatic carbocycles. The number of nitrogens with zero attached hydrogens (tertiary/aromatic N) is 1. The summed E-state index contributed by atoms with van der Waals surface area (Å²) < 4.78 is 2.64.